The zero-order chi connectivity index (χ0) is 14.9. The van der Waals surface area contributed by atoms with E-state index in [1.54, 1.807) is 0 Å². The molecule has 2 aliphatic rings. The summed E-state index contributed by atoms with van der Waals surface area (Å²) in [6.07, 6.45) is 4.78. The first-order valence-electron chi connectivity index (χ1n) is 7.85. The Bertz CT molecular complexity index is 664. The van der Waals surface area contributed by atoms with E-state index in [-0.39, 0.29) is 18.1 Å². The van der Waals surface area contributed by atoms with Gasteiger partial charge in [0, 0.05) is 6.54 Å². The summed E-state index contributed by atoms with van der Waals surface area (Å²) in [4.78, 5) is 22.3. The number of nitrogens with one attached hydrogen (secondary N) is 1. The van der Waals surface area contributed by atoms with Gasteiger partial charge < -0.3 is 14.6 Å². The van der Waals surface area contributed by atoms with Gasteiger partial charge in [-0.15, -0.1) is 0 Å². The van der Waals surface area contributed by atoms with Gasteiger partial charge >= 0.3 is 0 Å². The van der Waals surface area contributed by atoms with E-state index in [1.807, 2.05) is 29.3 Å². The standard InChI is InChI=1S/C17H19N3O2/c21-17(15-11-22-15)20-9-5-4-8-14(20)16-18-10-13(19-16)12-6-2-1-3-7-12/h1-3,6-7,10,14-15H,4-5,8-9,11H2,(H,18,19). The molecule has 0 aliphatic carbocycles. The summed E-state index contributed by atoms with van der Waals surface area (Å²) >= 11 is 0. The molecule has 2 aromatic rings. The van der Waals surface area contributed by atoms with Gasteiger partial charge in [-0.1, -0.05) is 30.3 Å². The van der Waals surface area contributed by atoms with Crippen molar-refractivity contribution in [3.8, 4) is 11.3 Å². The maximum atomic E-state index is 12.4. The maximum absolute atomic E-state index is 12.4. The van der Waals surface area contributed by atoms with Crippen LogP contribution in [0, 0.1) is 0 Å². The quantitative estimate of drug-likeness (QED) is 0.886. The van der Waals surface area contributed by atoms with Crippen molar-refractivity contribution in [3.05, 3.63) is 42.4 Å². The lowest BCUT2D eigenvalue weighted by atomic mass is 10.0. The van der Waals surface area contributed by atoms with Gasteiger partial charge in [-0.3, -0.25) is 4.79 Å². The van der Waals surface area contributed by atoms with Crippen LogP contribution >= 0.6 is 0 Å². The van der Waals surface area contributed by atoms with Crippen LogP contribution in [0.25, 0.3) is 11.3 Å². The van der Waals surface area contributed by atoms with E-state index in [2.05, 4.69) is 22.1 Å². The second-order valence-corrected chi connectivity index (χ2v) is 5.91. The lowest BCUT2D eigenvalue weighted by molar-refractivity contribution is -0.136. The first-order valence-corrected chi connectivity index (χ1v) is 7.85. The number of benzene rings is 1. The first-order chi connectivity index (χ1) is 10.8. The molecule has 114 valence electrons. The summed E-state index contributed by atoms with van der Waals surface area (Å²) in [6, 6.07) is 10.2. The second kappa shape index (κ2) is 5.57. The molecular formula is C17H19N3O2. The summed E-state index contributed by atoms with van der Waals surface area (Å²) in [5.74, 6) is 0.995. The number of likely N-dealkylation sites (tertiary alicyclic amines) is 1. The molecule has 3 heterocycles. The third-order valence-electron chi connectivity index (χ3n) is 4.39. The van der Waals surface area contributed by atoms with Gasteiger partial charge in [0.15, 0.2) is 6.10 Å². The number of epoxide rings is 1. The molecule has 2 aliphatic heterocycles. The number of rotatable bonds is 3. The SMILES string of the molecule is O=C(C1CO1)N1CCCCC1c1ncc(-c2ccccc2)[nH]1. The normalized spacial score (nSPS) is 24.3. The average Bonchev–Trinajstić information content (AvgIpc) is 3.32. The number of aromatic amines is 1. The fourth-order valence-corrected chi connectivity index (χ4v) is 3.13. The second-order valence-electron chi connectivity index (χ2n) is 5.91. The third kappa shape index (κ3) is 2.52. The molecule has 0 radical (unpaired) electrons. The molecule has 0 spiro atoms. The molecule has 1 aromatic carbocycles. The summed E-state index contributed by atoms with van der Waals surface area (Å²) in [7, 11) is 0. The minimum atomic E-state index is -0.218. The van der Waals surface area contributed by atoms with Crippen molar-refractivity contribution < 1.29 is 9.53 Å². The number of hydrogen-bond acceptors (Lipinski definition) is 3. The highest BCUT2D eigenvalue weighted by Gasteiger charge is 2.39. The van der Waals surface area contributed by atoms with Crippen molar-refractivity contribution in [2.24, 2.45) is 0 Å². The predicted molar refractivity (Wildman–Crippen MR) is 82.1 cm³/mol. The van der Waals surface area contributed by atoms with E-state index >= 15 is 0 Å². The molecule has 1 aromatic heterocycles. The lowest BCUT2D eigenvalue weighted by Gasteiger charge is -2.34. The molecule has 2 unspecified atom stereocenters. The molecule has 5 heteroatoms. The van der Waals surface area contributed by atoms with Crippen LogP contribution in [0.1, 0.15) is 31.1 Å². The molecule has 5 nitrogen and oxygen atoms in total. The van der Waals surface area contributed by atoms with E-state index in [4.69, 9.17) is 4.74 Å². The number of ether oxygens (including phenoxy) is 1. The summed E-state index contributed by atoms with van der Waals surface area (Å²) < 4.78 is 5.16. The highest BCUT2D eigenvalue weighted by Crippen LogP contribution is 2.32. The summed E-state index contributed by atoms with van der Waals surface area (Å²) in [5.41, 5.74) is 2.11. The fraction of sp³-hybridized carbons (Fsp3) is 0.412. The molecule has 2 saturated heterocycles. The number of hydrogen-bond donors (Lipinski definition) is 1. The fourth-order valence-electron chi connectivity index (χ4n) is 3.13. The smallest absolute Gasteiger partial charge is 0.254 e. The van der Waals surface area contributed by atoms with Crippen molar-refractivity contribution in [3.63, 3.8) is 0 Å². The zero-order valence-electron chi connectivity index (χ0n) is 12.4. The molecule has 0 saturated carbocycles. The summed E-state index contributed by atoms with van der Waals surface area (Å²) in [5, 5.41) is 0. The maximum Gasteiger partial charge on any atom is 0.254 e. The number of piperidine rings is 1. The van der Waals surface area contributed by atoms with Crippen molar-refractivity contribution in [2.45, 2.75) is 31.4 Å². The Balaban J connectivity index is 1.59. The predicted octanol–water partition coefficient (Wildman–Crippen LogP) is 2.53. The van der Waals surface area contributed by atoms with Crippen molar-refractivity contribution in [1.29, 1.82) is 0 Å². The van der Waals surface area contributed by atoms with Crippen LogP contribution in [-0.4, -0.2) is 40.0 Å². The number of H-pyrrole nitrogens is 1. The van der Waals surface area contributed by atoms with Crippen molar-refractivity contribution in [2.75, 3.05) is 13.2 Å². The molecule has 4 rings (SSSR count). The van der Waals surface area contributed by atoms with Gasteiger partial charge in [-0.25, -0.2) is 4.98 Å². The molecule has 22 heavy (non-hydrogen) atoms. The highest BCUT2D eigenvalue weighted by molar-refractivity contribution is 5.83. The Kier molecular flexibility index (Phi) is 3.42. The van der Waals surface area contributed by atoms with E-state index in [0.29, 0.717) is 6.61 Å². The van der Waals surface area contributed by atoms with Crippen molar-refractivity contribution in [1.82, 2.24) is 14.9 Å². The van der Waals surface area contributed by atoms with Crippen LogP contribution in [0.4, 0.5) is 0 Å². The van der Waals surface area contributed by atoms with Crippen LogP contribution < -0.4 is 0 Å². The first kappa shape index (κ1) is 13.5. The van der Waals surface area contributed by atoms with Crippen LogP contribution in [0.5, 0.6) is 0 Å². The molecule has 2 fully saturated rings. The molecular weight excluding hydrogens is 278 g/mol. The molecule has 0 bridgehead atoms. The number of carbonyl (C=O) groups excluding carboxylic acids is 1. The zero-order valence-corrected chi connectivity index (χ0v) is 12.4. The largest absolute Gasteiger partial charge is 0.363 e. The minimum absolute atomic E-state index is 0.0444. The number of nitrogens with zero attached hydrogens (tertiary/aromatic N) is 2. The Morgan fingerprint density at radius 2 is 2.09 bits per heavy atom. The number of amides is 1. The topological polar surface area (TPSA) is 61.5 Å². The van der Waals surface area contributed by atoms with Gasteiger partial charge in [0.05, 0.1) is 24.5 Å². The van der Waals surface area contributed by atoms with E-state index in [9.17, 15) is 4.79 Å². The number of carbonyl (C=O) groups is 1. The molecule has 2 atom stereocenters. The van der Waals surface area contributed by atoms with Gasteiger partial charge in [0.1, 0.15) is 5.82 Å². The van der Waals surface area contributed by atoms with E-state index in [1.165, 1.54) is 0 Å². The van der Waals surface area contributed by atoms with Gasteiger partial charge in [0.25, 0.3) is 5.91 Å². The molecule has 1 N–H and O–H groups in total. The highest BCUT2D eigenvalue weighted by atomic mass is 16.6. The number of imidazole rings is 1. The summed E-state index contributed by atoms with van der Waals surface area (Å²) in [6.45, 7) is 1.36. The van der Waals surface area contributed by atoms with E-state index in [0.717, 1.165) is 42.9 Å². The van der Waals surface area contributed by atoms with Crippen LogP contribution in [0.2, 0.25) is 0 Å². The Labute approximate surface area is 129 Å². The van der Waals surface area contributed by atoms with Gasteiger partial charge in [0.2, 0.25) is 0 Å². The van der Waals surface area contributed by atoms with Crippen LogP contribution in [0.3, 0.4) is 0 Å². The third-order valence-corrected chi connectivity index (χ3v) is 4.39. The van der Waals surface area contributed by atoms with Crippen LogP contribution in [-0.2, 0) is 9.53 Å². The Hall–Kier alpha value is -2.14. The monoisotopic (exact) mass is 297 g/mol. The van der Waals surface area contributed by atoms with Gasteiger partial charge in [-0.05, 0) is 24.8 Å². The Morgan fingerprint density at radius 3 is 2.86 bits per heavy atom. The van der Waals surface area contributed by atoms with E-state index < -0.39 is 0 Å². The van der Waals surface area contributed by atoms with Crippen molar-refractivity contribution >= 4 is 5.91 Å². The number of aromatic nitrogens is 2. The Morgan fingerprint density at radius 1 is 1.27 bits per heavy atom. The minimum Gasteiger partial charge on any atom is -0.363 e. The molecule has 1 amide bonds. The van der Waals surface area contributed by atoms with Gasteiger partial charge in [-0.2, -0.15) is 0 Å². The van der Waals surface area contributed by atoms with Crippen LogP contribution in [0.15, 0.2) is 36.5 Å². The lowest BCUT2D eigenvalue weighted by Crippen LogP contribution is -2.41. The average molecular weight is 297 g/mol.